The second-order valence-corrected chi connectivity index (χ2v) is 7.85. The van der Waals surface area contributed by atoms with E-state index in [4.69, 9.17) is 0 Å². The summed E-state index contributed by atoms with van der Waals surface area (Å²) in [6, 6.07) is 20.8. The molecule has 2 heterocycles. The molecule has 2 aromatic carbocycles. The second-order valence-electron chi connectivity index (χ2n) is 6.91. The number of benzene rings is 2. The molecule has 0 unspecified atom stereocenters. The van der Waals surface area contributed by atoms with Gasteiger partial charge in [-0.15, -0.1) is 10.2 Å². The lowest BCUT2D eigenvalue weighted by Gasteiger charge is -2.11. The smallest absolute Gasteiger partial charge is 0.196 e. The van der Waals surface area contributed by atoms with E-state index >= 15 is 0 Å². The molecule has 0 fully saturated rings. The lowest BCUT2D eigenvalue weighted by Crippen LogP contribution is -2.01. The molecule has 4 rings (SSSR count). The molecule has 0 aliphatic carbocycles. The minimum Gasteiger partial charge on any atom is -0.269 e. The quantitative estimate of drug-likeness (QED) is 0.422. The van der Waals surface area contributed by atoms with Crippen LogP contribution in [0, 0.1) is 20.8 Å². The number of hydrogen-bond donors (Lipinski definition) is 0. The Morgan fingerprint density at radius 2 is 1.64 bits per heavy atom. The average Bonchev–Trinajstić information content (AvgIpc) is 3.14. The molecule has 0 spiro atoms. The van der Waals surface area contributed by atoms with Gasteiger partial charge >= 0.3 is 0 Å². The van der Waals surface area contributed by atoms with Crippen molar-refractivity contribution in [3.8, 4) is 17.2 Å². The SMILES string of the molecule is Cc1ccc(-n2c(SCc3cc(C)ccc3C)nnc2-c2ccccn2)cc1. The van der Waals surface area contributed by atoms with E-state index in [0.29, 0.717) is 0 Å². The van der Waals surface area contributed by atoms with Crippen molar-refractivity contribution < 1.29 is 0 Å². The summed E-state index contributed by atoms with van der Waals surface area (Å²) in [6.07, 6.45) is 1.78. The lowest BCUT2D eigenvalue weighted by molar-refractivity contribution is 0.884. The van der Waals surface area contributed by atoms with Crippen LogP contribution in [0.15, 0.2) is 72.0 Å². The number of thioether (sulfide) groups is 1. The summed E-state index contributed by atoms with van der Waals surface area (Å²) in [5.74, 6) is 1.60. The van der Waals surface area contributed by atoms with Gasteiger partial charge in [0, 0.05) is 17.6 Å². The van der Waals surface area contributed by atoms with Crippen LogP contribution in [0.4, 0.5) is 0 Å². The van der Waals surface area contributed by atoms with Gasteiger partial charge < -0.3 is 0 Å². The van der Waals surface area contributed by atoms with E-state index in [-0.39, 0.29) is 0 Å². The third-order valence-electron chi connectivity index (χ3n) is 4.68. The van der Waals surface area contributed by atoms with Gasteiger partial charge in [0.15, 0.2) is 11.0 Å². The van der Waals surface area contributed by atoms with Crippen LogP contribution in [0.25, 0.3) is 17.2 Å². The van der Waals surface area contributed by atoms with Gasteiger partial charge in [0.1, 0.15) is 5.69 Å². The monoisotopic (exact) mass is 386 g/mol. The normalized spacial score (nSPS) is 11.0. The molecular weight excluding hydrogens is 364 g/mol. The zero-order valence-electron chi connectivity index (χ0n) is 16.3. The van der Waals surface area contributed by atoms with Crippen molar-refractivity contribution in [1.29, 1.82) is 0 Å². The Hall–Kier alpha value is -2.92. The molecule has 28 heavy (non-hydrogen) atoms. The van der Waals surface area contributed by atoms with Gasteiger partial charge in [0.05, 0.1) is 0 Å². The molecule has 0 bridgehead atoms. The number of nitrogens with zero attached hydrogens (tertiary/aromatic N) is 4. The van der Waals surface area contributed by atoms with E-state index in [1.54, 1.807) is 18.0 Å². The zero-order chi connectivity index (χ0) is 19.5. The van der Waals surface area contributed by atoms with Crippen LogP contribution in [0.2, 0.25) is 0 Å². The molecule has 0 amide bonds. The first kappa shape index (κ1) is 18.4. The maximum atomic E-state index is 4.49. The van der Waals surface area contributed by atoms with Crippen molar-refractivity contribution in [2.24, 2.45) is 0 Å². The first-order valence-electron chi connectivity index (χ1n) is 9.24. The largest absolute Gasteiger partial charge is 0.269 e. The van der Waals surface area contributed by atoms with E-state index in [1.807, 2.05) is 18.2 Å². The predicted molar refractivity (Wildman–Crippen MR) is 115 cm³/mol. The molecule has 0 aliphatic heterocycles. The molecule has 4 nitrogen and oxygen atoms in total. The Kier molecular flexibility index (Phi) is 5.26. The van der Waals surface area contributed by atoms with Gasteiger partial charge in [-0.1, -0.05) is 59.3 Å². The molecule has 0 aliphatic rings. The van der Waals surface area contributed by atoms with Crippen LogP contribution in [0.3, 0.4) is 0 Å². The summed E-state index contributed by atoms with van der Waals surface area (Å²) in [7, 11) is 0. The highest BCUT2D eigenvalue weighted by Crippen LogP contribution is 2.30. The number of rotatable bonds is 5. The highest BCUT2D eigenvalue weighted by molar-refractivity contribution is 7.98. The first-order chi connectivity index (χ1) is 13.6. The van der Waals surface area contributed by atoms with E-state index in [9.17, 15) is 0 Å². The van der Waals surface area contributed by atoms with Crippen LogP contribution in [-0.4, -0.2) is 19.7 Å². The third kappa shape index (κ3) is 3.85. The fraction of sp³-hybridized carbons (Fsp3) is 0.174. The molecule has 5 heteroatoms. The summed E-state index contributed by atoms with van der Waals surface area (Å²) in [5.41, 5.74) is 6.97. The van der Waals surface area contributed by atoms with Gasteiger partial charge in [-0.05, 0) is 56.2 Å². The van der Waals surface area contributed by atoms with Gasteiger partial charge in [0.2, 0.25) is 0 Å². The fourth-order valence-corrected chi connectivity index (χ4v) is 4.06. The highest BCUT2D eigenvalue weighted by atomic mass is 32.2. The molecule has 0 saturated heterocycles. The maximum absolute atomic E-state index is 4.49. The van der Waals surface area contributed by atoms with Crippen molar-refractivity contribution >= 4 is 11.8 Å². The van der Waals surface area contributed by atoms with Gasteiger partial charge in [0.25, 0.3) is 0 Å². The van der Waals surface area contributed by atoms with Crippen molar-refractivity contribution in [2.75, 3.05) is 0 Å². The summed E-state index contributed by atoms with van der Waals surface area (Å²) < 4.78 is 2.09. The Balaban J connectivity index is 1.74. The molecule has 0 atom stereocenters. The number of aromatic nitrogens is 4. The van der Waals surface area contributed by atoms with E-state index < -0.39 is 0 Å². The minimum atomic E-state index is 0.757. The average molecular weight is 387 g/mol. The standard InChI is InChI=1S/C23H22N4S/c1-16-8-11-20(12-9-16)27-22(21-6-4-5-13-24-21)25-26-23(27)28-15-19-14-17(2)7-10-18(19)3/h4-14H,15H2,1-3H3. The summed E-state index contributed by atoms with van der Waals surface area (Å²) >= 11 is 1.70. The molecular formula is C23H22N4S. The van der Waals surface area contributed by atoms with Crippen molar-refractivity contribution in [3.63, 3.8) is 0 Å². The van der Waals surface area contributed by atoms with Crippen LogP contribution in [0.1, 0.15) is 22.3 Å². The Morgan fingerprint density at radius 3 is 2.39 bits per heavy atom. The molecule has 0 N–H and O–H groups in total. The summed E-state index contributed by atoms with van der Waals surface area (Å²) in [4.78, 5) is 4.48. The number of pyridine rings is 1. The van der Waals surface area contributed by atoms with E-state index in [1.165, 1.54) is 22.3 Å². The maximum Gasteiger partial charge on any atom is 0.196 e. The third-order valence-corrected chi connectivity index (χ3v) is 5.66. The highest BCUT2D eigenvalue weighted by Gasteiger charge is 2.17. The fourth-order valence-electron chi connectivity index (χ4n) is 3.05. The van der Waals surface area contributed by atoms with Crippen molar-refractivity contribution in [2.45, 2.75) is 31.7 Å². The van der Waals surface area contributed by atoms with Crippen LogP contribution in [-0.2, 0) is 5.75 Å². The summed E-state index contributed by atoms with van der Waals surface area (Å²) in [5, 5.41) is 9.83. The zero-order valence-corrected chi connectivity index (χ0v) is 17.1. The van der Waals surface area contributed by atoms with E-state index in [0.717, 1.165) is 28.1 Å². The van der Waals surface area contributed by atoms with Crippen LogP contribution >= 0.6 is 11.8 Å². The minimum absolute atomic E-state index is 0.757. The molecule has 4 aromatic rings. The second kappa shape index (κ2) is 7.98. The van der Waals surface area contributed by atoms with E-state index in [2.05, 4.69) is 83.0 Å². The number of hydrogen-bond acceptors (Lipinski definition) is 4. The topological polar surface area (TPSA) is 43.6 Å². The number of aryl methyl sites for hydroxylation is 3. The predicted octanol–water partition coefficient (Wildman–Crippen LogP) is 5.55. The molecule has 0 radical (unpaired) electrons. The Bertz CT molecular complexity index is 1090. The van der Waals surface area contributed by atoms with Crippen molar-refractivity contribution in [1.82, 2.24) is 19.7 Å². The molecule has 0 saturated carbocycles. The van der Waals surface area contributed by atoms with Gasteiger partial charge in [-0.2, -0.15) is 0 Å². The van der Waals surface area contributed by atoms with Crippen LogP contribution < -0.4 is 0 Å². The summed E-state index contributed by atoms with van der Waals surface area (Å²) in [6.45, 7) is 6.37. The van der Waals surface area contributed by atoms with Crippen molar-refractivity contribution in [3.05, 3.63) is 89.1 Å². The molecule has 2 aromatic heterocycles. The lowest BCUT2D eigenvalue weighted by atomic mass is 10.1. The Morgan fingerprint density at radius 1 is 0.857 bits per heavy atom. The van der Waals surface area contributed by atoms with Crippen LogP contribution in [0.5, 0.6) is 0 Å². The van der Waals surface area contributed by atoms with Gasteiger partial charge in [-0.3, -0.25) is 9.55 Å². The van der Waals surface area contributed by atoms with Gasteiger partial charge in [-0.25, -0.2) is 0 Å². The Labute approximate surface area is 169 Å². The molecule has 140 valence electrons. The first-order valence-corrected chi connectivity index (χ1v) is 10.2.